The first-order chi connectivity index (χ1) is 8.97. The van der Waals surface area contributed by atoms with Crippen molar-refractivity contribution in [3.63, 3.8) is 0 Å². The van der Waals surface area contributed by atoms with Gasteiger partial charge < -0.3 is 10.4 Å². The molecule has 0 spiro atoms. The molecular formula is C13H12FN3O2. The van der Waals surface area contributed by atoms with Crippen molar-refractivity contribution in [1.82, 2.24) is 10.2 Å². The predicted octanol–water partition coefficient (Wildman–Crippen LogP) is 2.19. The van der Waals surface area contributed by atoms with E-state index in [1.807, 2.05) is 0 Å². The molecule has 5 nitrogen and oxygen atoms in total. The Morgan fingerprint density at radius 3 is 2.68 bits per heavy atom. The molecule has 0 saturated carbocycles. The third kappa shape index (κ3) is 2.85. The van der Waals surface area contributed by atoms with Gasteiger partial charge in [0.1, 0.15) is 0 Å². The van der Waals surface area contributed by atoms with Gasteiger partial charge in [-0.2, -0.15) is 10.2 Å². The summed E-state index contributed by atoms with van der Waals surface area (Å²) in [5, 5.41) is 19.3. The van der Waals surface area contributed by atoms with Gasteiger partial charge >= 0.3 is 0 Å². The smallest absolute Gasteiger partial charge is 0.257 e. The van der Waals surface area contributed by atoms with E-state index in [4.69, 9.17) is 5.11 Å². The first-order valence-electron chi connectivity index (χ1n) is 5.58. The van der Waals surface area contributed by atoms with Gasteiger partial charge in [0.25, 0.3) is 5.91 Å². The zero-order valence-electron chi connectivity index (χ0n) is 10.4. The van der Waals surface area contributed by atoms with E-state index in [1.54, 1.807) is 19.9 Å². The van der Waals surface area contributed by atoms with Gasteiger partial charge in [0.15, 0.2) is 11.6 Å². The number of rotatable bonds is 2. The topological polar surface area (TPSA) is 75.1 Å². The molecule has 19 heavy (non-hydrogen) atoms. The van der Waals surface area contributed by atoms with Crippen molar-refractivity contribution in [1.29, 1.82) is 0 Å². The Labute approximate surface area is 109 Å². The second-order valence-electron chi connectivity index (χ2n) is 4.11. The third-order valence-electron chi connectivity index (χ3n) is 2.55. The highest BCUT2D eigenvalue weighted by atomic mass is 19.1. The Kier molecular flexibility index (Phi) is 3.41. The van der Waals surface area contributed by atoms with Crippen LogP contribution in [-0.2, 0) is 0 Å². The molecule has 0 aliphatic carbocycles. The molecule has 0 unspecified atom stereocenters. The standard InChI is InChI=1S/C13H12FN3O2/c1-7-5-10(8(2)17-16-7)13(19)15-9-3-4-12(18)11(14)6-9/h3-6,18H,1-2H3,(H,15,19). The molecule has 6 heteroatoms. The molecule has 1 aromatic heterocycles. The minimum atomic E-state index is -0.793. The molecule has 2 rings (SSSR count). The van der Waals surface area contributed by atoms with Crippen LogP contribution in [0, 0.1) is 19.7 Å². The van der Waals surface area contributed by atoms with Gasteiger partial charge in [-0.3, -0.25) is 4.79 Å². The Balaban J connectivity index is 2.25. The monoisotopic (exact) mass is 261 g/mol. The normalized spacial score (nSPS) is 10.3. The molecule has 0 aliphatic rings. The fraction of sp³-hybridized carbons (Fsp3) is 0.154. The average Bonchev–Trinajstić information content (AvgIpc) is 2.36. The number of phenolic OH excluding ortho intramolecular Hbond substituents is 1. The lowest BCUT2D eigenvalue weighted by molar-refractivity contribution is 0.102. The summed E-state index contributed by atoms with van der Waals surface area (Å²) in [6.45, 7) is 3.39. The number of hydrogen-bond acceptors (Lipinski definition) is 4. The quantitative estimate of drug-likeness (QED) is 0.812. The second kappa shape index (κ2) is 5.01. The van der Waals surface area contributed by atoms with E-state index in [0.29, 0.717) is 17.0 Å². The number of aromatic nitrogens is 2. The van der Waals surface area contributed by atoms with Crippen LogP contribution >= 0.6 is 0 Å². The van der Waals surface area contributed by atoms with Gasteiger partial charge in [0.2, 0.25) is 0 Å². The first kappa shape index (κ1) is 12.9. The van der Waals surface area contributed by atoms with Crippen LogP contribution in [0.25, 0.3) is 0 Å². The molecule has 1 amide bonds. The van der Waals surface area contributed by atoms with E-state index in [2.05, 4.69) is 15.5 Å². The molecule has 1 heterocycles. The Hall–Kier alpha value is -2.50. The maximum Gasteiger partial charge on any atom is 0.257 e. The number of carbonyl (C=O) groups excluding carboxylic acids is 1. The first-order valence-corrected chi connectivity index (χ1v) is 5.58. The lowest BCUT2D eigenvalue weighted by Gasteiger charge is -2.07. The van der Waals surface area contributed by atoms with E-state index in [1.165, 1.54) is 12.1 Å². The van der Waals surface area contributed by atoms with Gasteiger partial charge in [-0.15, -0.1) is 0 Å². The van der Waals surface area contributed by atoms with E-state index >= 15 is 0 Å². The molecule has 0 fully saturated rings. The molecule has 1 aromatic carbocycles. The summed E-state index contributed by atoms with van der Waals surface area (Å²) in [4.78, 5) is 12.0. The van der Waals surface area contributed by atoms with Crippen LogP contribution < -0.4 is 5.32 Å². The molecule has 0 atom stereocenters. The van der Waals surface area contributed by atoms with Gasteiger partial charge in [0, 0.05) is 11.8 Å². The van der Waals surface area contributed by atoms with E-state index in [9.17, 15) is 9.18 Å². The molecule has 98 valence electrons. The zero-order valence-corrected chi connectivity index (χ0v) is 10.4. The molecular weight excluding hydrogens is 249 g/mol. The van der Waals surface area contributed by atoms with Crippen LogP contribution in [0.3, 0.4) is 0 Å². The summed E-state index contributed by atoms with van der Waals surface area (Å²) in [7, 11) is 0. The highest BCUT2D eigenvalue weighted by molar-refractivity contribution is 6.05. The summed E-state index contributed by atoms with van der Waals surface area (Å²) < 4.78 is 13.2. The fourth-order valence-electron chi connectivity index (χ4n) is 1.56. The number of aromatic hydroxyl groups is 1. The molecule has 2 N–H and O–H groups in total. The Morgan fingerprint density at radius 1 is 1.26 bits per heavy atom. The number of aryl methyl sites for hydroxylation is 2. The van der Waals surface area contributed by atoms with Crippen molar-refractivity contribution >= 4 is 11.6 Å². The molecule has 0 radical (unpaired) electrons. The number of benzene rings is 1. The number of nitrogens with zero attached hydrogens (tertiary/aromatic N) is 2. The third-order valence-corrected chi connectivity index (χ3v) is 2.55. The molecule has 0 bridgehead atoms. The van der Waals surface area contributed by atoms with Crippen molar-refractivity contribution in [2.24, 2.45) is 0 Å². The van der Waals surface area contributed by atoms with Crippen molar-refractivity contribution in [2.45, 2.75) is 13.8 Å². The summed E-state index contributed by atoms with van der Waals surface area (Å²) >= 11 is 0. The predicted molar refractivity (Wildman–Crippen MR) is 67.5 cm³/mol. The Bertz CT molecular complexity index is 644. The number of halogens is 1. The highest BCUT2D eigenvalue weighted by Crippen LogP contribution is 2.20. The van der Waals surface area contributed by atoms with Crippen LogP contribution in [0.15, 0.2) is 24.3 Å². The second-order valence-corrected chi connectivity index (χ2v) is 4.11. The van der Waals surface area contributed by atoms with Crippen molar-refractivity contribution in [3.05, 3.63) is 47.0 Å². The number of carbonyl (C=O) groups is 1. The lowest BCUT2D eigenvalue weighted by atomic mass is 10.2. The van der Waals surface area contributed by atoms with Gasteiger partial charge in [-0.05, 0) is 32.0 Å². The van der Waals surface area contributed by atoms with Crippen molar-refractivity contribution in [3.8, 4) is 5.75 Å². The van der Waals surface area contributed by atoms with Crippen LogP contribution in [0.5, 0.6) is 5.75 Å². The van der Waals surface area contributed by atoms with E-state index in [-0.39, 0.29) is 5.69 Å². The number of nitrogens with one attached hydrogen (secondary N) is 1. The van der Waals surface area contributed by atoms with Crippen molar-refractivity contribution in [2.75, 3.05) is 5.32 Å². The average molecular weight is 261 g/mol. The maximum absolute atomic E-state index is 13.2. The molecule has 2 aromatic rings. The fourth-order valence-corrected chi connectivity index (χ4v) is 1.56. The zero-order chi connectivity index (χ0) is 14.0. The summed E-state index contributed by atoms with van der Waals surface area (Å²) in [6, 6.07) is 5.24. The molecule has 0 aliphatic heterocycles. The van der Waals surface area contributed by atoms with Gasteiger partial charge in [-0.25, -0.2) is 4.39 Å². The minimum absolute atomic E-state index is 0.258. The maximum atomic E-state index is 13.2. The SMILES string of the molecule is Cc1cc(C(=O)Nc2ccc(O)c(F)c2)c(C)nn1. The van der Waals surface area contributed by atoms with Crippen LogP contribution in [-0.4, -0.2) is 21.2 Å². The van der Waals surface area contributed by atoms with E-state index in [0.717, 1.165) is 6.07 Å². The number of anilines is 1. The van der Waals surface area contributed by atoms with Crippen LogP contribution in [0.1, 0.15) is 21.7 Å². The number of hydrogen-bond donors (Lipinski definition) is 2. The number of amides is 1. The number of phenols is 1. The Morgan fingerprint density at radius 2 is 2.00 bits per heavy atom. The molecule has 0 saturated heterocycles. The summed E-state index contributed by atoms with van der Waals surface area (Å²) in [5.41, 5.74) is 1.74. The van der Waals surface area contributed by atoms with Crippen LogP contribution in [0.2, 0.25) is 0 Å². The summed E-state index contributed by atoms with van der Waals surface area (Å²) in [6.07, 6.45) is 0. The largest absolute Gasteiger partial charge is 0.505 e. The van der Waals surface area contributed by atoms with Crippen molar-refractivity contribution < 1.29 is 14.3 Å². The summed E-state index contributed by atoms with van der Waals surface area (Å²) in [5.74, 6) is -1.66. The van der Waals surface area contributed by atoms with Crippen LogP contribution in [0.4, 0.5) is 10.1 Å². The lowest BCUT2D eigenvalue weighted by Crippen LogP contribution is -2.15. The minimum Gasteiger partial charge on any atom is -0.505 e. The van der Waals surface area contributed by atoms with Gasteiger partial charge in [-0.1, -0.05) is 0 Å². The van der Waals surface area contributed by atoms with E-state index < -0.39 is 17.5 Å². The highest BCUT2D eigenvalue weighted by Gasteiger charge is 2.12. The van der Waals surface area contributed by atoms with Gasteiger partial charge in [0.05, 0.1) is 17.0 Å².